The summed E-state index contributed by atoms with van der Waals surface area (Å²) in [5, 5.41) is 6.02. The number of hydrogen-bond donors (Lipinski definition) is 2. The maximum Gasteiger partial charge on any atom is 0.258 e. The van der Waals surface area contributed by atoms with Gasteiger partial charge in [0.2, 0.25) is 0 Å². The zero-order chi connectivity index (χ0) is 14.3. The van der Waals surface area contributed by atoms with Gasteiger partial charge in [0.05, 0.1) is 0 Å². The molecule has 1 aromatic rings. The number of amides is 1. The van der Waals surface area contributed by atoms with Crippen molar-refractivity contribution in [1.29, 1.82) is 0 Å². The van der Waals surface area contributed by atoms with E-state index in [1.807, 2.05) is 52.1 Å². The fourth-order valence-corrected chi connectivity index (χ4v) is 1.60. The average molecular weight is 264 g/mol. The summed E-state index contributed by atoms with van der Waals surface area (Å²) in [5.41, 5.74) is 0.948. The van der Waals surface area contributed by atoms with Gasteiger partial charge in [0.25, 0.3) is 5.91 Å². The molecule has 0 spiro atoms. The van der Waals surface area contributed by atoms with E-state index in [2.05, 4.69) is 10.6 Å². The highest BCUT2D eigenvalue weighted by atomic mass is 16.5. The van der Waals surface area contributed by atoms with E-state index in [0.717, 1.165) is 24.3 Å². The van der Waals surface area contributed by atoms with E-state index in [-0.39, 0.29) is 18.1 Å². The summed E-state index contributed by atoms with van der Waals surface area (Å²) in [6.45, 7) is 6.87. The lowest BCUT2D eigenvalue weighted by atomic mass is 10.0. The minimum absolute atomic E-state index is 0.0481. The number of benzene rings is 1. The highest BCUT2D eigenvalue weighted by molar-refractivity contribution is 5.78. The summed E-state index contributed by atoms with van der Waals surface area (Å²) in [6, 6.07) is 7.74. The largest absolute Gasteiger partial charge is 0.484 e. The summed E-state index contributed by atoms with van der Waals surface area (Å²) in [5.74, 6) is 0.628. The molecule has 2 N–H and O–H groups in total. The molecule has 0 aromatic heterocycles. The molecule has 4 nitrogen and oxygen atoms in total. The zero-order valence-corrected chi connectivity index (χ0v) is 12.2. The van der Waals surface area contributed by atoms with E-state index in [9.17, 15) is 4.79 Å². The van der Waals surface area contributed by atoms with Crippen LogP contribution in [0.2, 0.25) is 0 Å². The molecule has 0 unspecified atom stereocenters. The van der Waals surface area contributed by atoms with Crippen molar-refractivity contribution in [3.8, 4) is 5.75 Å². The second-order valence-electron chi connectivity index (χ2n) is 5.25. The van der Waals surface area contributed by atoms with Crippen LogP contribution in [0.25, 0.3) is 0 Å². The second kappa shape index (κ2) is 7.14. The highest BCUT2D eigenvalue weighted by Crippen LogP contribution is 2.13. The predicted molar refractivity (Wildman–Crippen MR) is 77.2 cm³/mol. The molecule has 0 bridgehead atoms. The molecule has 0 saturated carbocycles. The second-order valence-corrected chi connectivity index (χ2v) is 5.25. The third kappa shape index (κ3) is 5.75. The van der Waals surface area contributed by atoms with E-state index in [0.29, 0.717) is 0 Å². The van der Waals surface area contributed by atoms with Crippen molar-refractivity contribution < 1.29 is 9.53 Å². The monoisotopic (exact) mass is 264 g/mol. The molecule has 0 radical (unpaired) electrons. The van der Waals surface area contributed by atoms with Gasteiger partial charge in [-0.1, -0.05) is 19.1 Å². The van der Waals surface area contributed by atoms with Crippen LogP contribution in [-0.4, -0.2) is 25.1 Å². The minimum Gasteiger partial charge on any atom is -0.484 e. The van der Waals surface area contributed by atoms with E-state index >= 15 is 0 Å². The zero-order valence-electron chi connectivity index (χ0n) is 12.2. The third-order valence-corrected chi connectivity index (χ3v) is 3.01. The normalized spacial score (nSPS) is 11.2. The summed E-state index contributed by atoms with van der Waals surface area (Å²) in [7, 11) is 1.90. The molecule has 1 aromatic carbocycles. The molecule has 1 rings (SSSR count). The van der Waals surface area contributed by atoms with Crippen molar-refractivity contribution in [3.63, 3.8) is 0 Å². The van der Waals surface area contributed by atoms with Crippen LogP contribution in [-0.2, 0) is 11.3 Å². The van der Waals surface area contributed by atoms with E-state index < -0.39 is 0 Å². The first-order valence-corrected chi connectivity index (χ1v) is 6.64. The maximum absolute atomic E-state index is 11.8. The van der Waals surface area contributed by atoms with Gasteiger partial charge in [0, 0.05) is 12.1 Å². The minimum atomic E-state index is -0.186. The molecular weight excluding hydrogens is 240 g/mol. The van der Waals surface area contributed by atoms with Crippen LogP contribution < -0.4 is 15.4 Å². The molecule has 19 heavy (non-hydrogen) atoms. The SMILES string of the molecule is CCC(C)(C)NC(=O)COc1cccc(CNC)c1. The first kappa shape index (κ1) is 15.5. The predicted octanol–water partition coefficient (Wildman–Crippen LogP) is 2.09. The molecule has 0 saturated heterocycles. The van der Waals surface area contributed by atoms with Gasteiger partial charge in [0.15, 0.2) is 6.61 Å². The van der Waals surface area contributed by atoms with Crippen LogP contribution in [0.3, 0.4) is 0 Å². The fraction of sp³-hybridized carbons (Fsp3) is 0.533. The molecule has 4 heteroatoms. The van der Waals surface area contributed by atoms with Gasteiger partial charge in [-0.2, -0.15) is 0 Å². The summed E-state index contributed by atoms with van der Waals surface area (Å²) >= 11 is 0. The summed E-state index contributed by atoms with van der Waals surface area (Å²) < 4.78 is 5.51. The van der Waals surface area contributed by atoms with Gasteiger partial charge in [-0.3, -0.25) is 4.79 Å². The van der Waals surface area contributed by atoms with Crippen LogP contribution in [0.5, 0.6) is 5.75 Å². The van der Waals surface area contributed by atoms with Crippen molar-refractivity contribution in [2.75, 3.05) is 13.7 Å². The van der Waals surface area contributed by atoms with Crippen molar-refractivity contribution in [1.82, 2.24) is 10.6 Å². The third-order valence-electron chi connectivity index (χ3n) is 3.01. The number of rotatable bonds is 7. The highest BCUT2D eigenvalue weighted by Gasteiger charge is 2.17. The van der Waals surface area contributed by atoms with Crippen molar-refractivity contribution in [2.45, 2.75) is 39.3 Å². The Bertz CT molecular complexity index is 416. The molecular formula is C15H24N2O2. The molecule has 0 heterocycles. The van der Waals surface area contributed by atoms with Crippen LogP contribution in [0.15, 0.2) is 24.3 Å². The molecule has 0 fully saturated rings. The lowest BCUT2D eigenvalue weighted by Crippen LogP contribution is -2.44. The lowest BCUT2D eigenvalue weighted by molar-refractivity contribution is -0.124. The Labute approximate surface area is 115 Å². The number of ether oxygens (including phenoxy) is 1. The Balaban J connectivity index is 2.48. The van der Waals surface area contributed by atoms with E-state index in [1.54, 1.807) is 0 Å². The van der Waals surface area contributed by atoms with E-state index in [4.69, 9.17) is 4.74 Å². The van der Waals surface area contributed by atoms with Crippen molar-refractivity contribution in [2.24, 2.45) is 0 Å². The smallest absolute Gasteiger partial charge is 0.258 e. The Morgan fingerprint density at radius 3 is 2.74 bits per heavy atom. The van der Waals surface area contributed by atoms with Crippen LogP contribution >= 0.6 is 0 Å². The summed E-state index contributed by atoms with van der Waals surface area (Å²) in [6.07, 6.45) is 0.885. The quantitative estimate of drug-likeness (QED) is 0.793. The van der Waals surface area contributed by atoms with Crippen molar-refractivity contribution >= 4 is 5.91 Å². The van der Waals surface area contributed by atoms with Gasteiger partial charge in [-0.05, 0) is 45.0 Å². The number of nitrogens with one attached hydrogen (secondary N) is 2. The first-order valence-electron chi connectivity index (χ1n) is 6.64. The number of hydrogen-bond acceptors (Lipinski definition) is 3. The maximum atomic E-state index is 11.8. The first-order chi connectivity index (χ1) is 8.96. The Kier molecular flexibility index (Phi) is 5.83. The number of carbonyl (C=O) groups excluding carboxylic acids is 1. The van der Waals surface area contributed by atoms with Gasteiger partial charge >= 0.3 is 0 Å². The van der Waals surface area contributed by atoms with Crippen molar-refractivity contribution in [3.05, 3.63) is 29.8 Å². The van der Waals surface area contributed by atoms with Crippen LogP contribution in [0, 0.1) is 0 Å². The van der Waals surface area contributed by atoms with Crippen LogP contribution in [0.1, 0.15) is 32.8 Å². The molecule has 106 valence electrons. The molecule has 0 aliphatic rings. The Morgan fingerprint density at radius 1 is 1.37 bits per heavy atom. The molecule has 0 aliphatic carbocycles. The average Bonchev–Trinajstić information content (AvgIpc) is 2.37. The Morgan fingerprint density at radius 2 is 2.11 bits per heavy atom. The molecule has 0 atom stereocenters. The number of carbonyl (C=O) groups is 1. The van der Waals surface area contributed by atoms with Gasteiger partial charge in [-0.25, -0.2) is 0 Å². The van der Waals surface area contributed by atoms with Gasteiger partial charge in [-0.15, -0.1) is 0 Å². The molecule has 0 aliphatic heterocycles. The van der Waals surface area contributed by atoms with E-state index in [1.165, 1.54) is 0 Å². The van der Waals surface area contributed by atoms with Crippen LogP contribution in [0.4, 0.5) is 0 Å². The van der Waals surface area contributed by atoms with Gasteiger partial charge in [0.1, 0.15) is 5.75 Å². The van der Waals surface area contributed by atoms with Gasteiger partial charge < -0.3 is 15.4 Å². The lowest BCUT2D eigenvalue weighted by Gasteiger charge is -2.24. The topological polar surface area (TPSA) is 50.4 Å². The Hall–Kier alpha value is -1.55. The fourth-order valence-electron chi connectivity index (χ4n) is 1.60. The standard InChI is InChI=1S/C15H24N2O2/c1-5-15(2,3)17-14(18)11-19-13-8-6-7-12(9-13)10-16-4/h6-9,16H,5,10-11H2,1-4H3,(H,17,18). The summed E-state index contributed by atoms with van der Waals surface area (Å²) in [4.78, 5) is 11.8. The molecule has 1 amide bonds.